The number of benzene rings is 1. The Balaban J connectivity index is 2.78. The maximum Gasteiger partial charge on any atom is 0.143 e. The van der Waals surface area contributed by atoms with Crippen LogP contribution >= 0.6 is 0 Å². The number of nitrogen functional groups attached to an aromatic ring is 1. The predicted octanol–water partition coefficient (Wildman–Crippen LogP) is 1.86. The van der Waals surface area contributed by atoms with Gasteiger partial charge in [0.1, 0.15) is 5.75 Å². The number of hydrogen-bond donors (Lipinski definition) is 1. The maximum atomic E-state index is 5.62. The fraction of sp³-hybridized carbons (Fsp3) is 0.333. The molecule has 1 rings (SSSR count). The average molecular weight is 150 g/mol. The van der Waals surface area contributed by atoms with E-state index >= 15 is 0 Å². The number of rotatable bonds is 2. The molecule has 1 aromatic rings. The Bertz CT molecular complexity index is 233. The Kier molecular flexibility index (Phi) is 2.36. The summed E-state index contributed by atoms with van der Waals surface area (Å²) >= 11 is 0. The molecule has 11 heavy (non-hydrogen) atoms. The van der Waals surface area contributed by atoms with Gasteiger partial charge in [0.05, 0.1) is 11.8 Å². The molecule has 0 aliphatic rings. The van der Waals surface area contributed by atoms with Crippen molar-refractivity contribution in [3.05, 3.63) is 24.3 Å². The van der Waals surface area contributed by atoms with Crippen molar-refractivity contribution >= 4 is 5.69 Å². The third-order valence-corrected chi connectivity index (χ3v) is 1.22. The largest absolute Gasteiger partial charge is 0.489 e. The highest BCUT2D eigenvalue weighted by molar-refractivity contribution is 5.51. The van der Waals surface area contributed by atoms with Crippen LogP contribution in [0, 0.1) is 6.07 Å². The summed E-state index contributed by atoms with van der Waals surface area (Å²) in [5.41, 5.74) is 6.29. The molecule has 2 nitrogen and oxygen atoms in total. The minimum absolute atomic E-state index is 0.160. The summed E-state index contributed by atoms with van der Waals surface area (Å²) in [6, 6.07) is 8.19. The average Bonchev–Trinajstić information content (AvgIpc) is 1.93. The molecule has 59 valence electrons. The van der Waals surface area contributed by atoms with Gasteiger partial charge in [-0.2, -0.15) is 0 Å². The van der Waals surface area contributed by atoms with Crippen LogP contribution in [-0.4, -0.2) is 6.10 Å². The number of ether oxygens (including phenoxy) is 1. The first kappa shape index (κ1) is 7.92. The van der Waals surface area contributed by atoms with E-state index in [9.17, 15) is 0 Å². The van der Waals surface area contributed by atoms with Crippen LogP contribution in [0.4, 0.5) is 5.69 Å². The number of nitrogens with two attached hydrogens (primary N) is 1. The molecule has 0 aromatic heterocycles. The highest BCUT2D eigenvalue weighted by Crippen LogP contribution is 2.20. The molecule has 0 aliphatic carbocycles. The van der Waals surface area contributed by atoms with E-state index in [0.29, 0.717) is 11.4 Å². The van der Waals surface area contributed by atoms with E-state index in [-0.39, 0.29) is 6.10 Å². The predicted molar refractivity (Wildman–Crippen MR) is 45.5 cm³/mol. The SMILES string of the molecule is CC(C)Oc1c[c]ccc1N. The van der Waals surface area contributed by atoms with Crippen LogP contribution in [0.25, 0.3) is 0 Å². The normalized spacial score (nSPS) is 10.1. The fourth-order valence-electron chi connectivity index (χ4n) is 0.783. The Morgan fingerprint density at radius 3 is 2.82 bits per heavy atom. The topological polar surface area (TPSA) is 35.2 Å². The van der Waals surface area contributed by atoms with Crippen molar-refractivity contribution in [3.8, 4) is 5.75 Å². The number of anilines is 1. The quantitative estimate of drug-likeness (QED) is 0.653. The van der Waals surface area contributed by atoms with Crippen molar-refractivity contribution in [3.63, 3.8) is 0 Å². The van der Waals surface area contributed by atoms with Crippen LogP contribution in [0.2, 0.25) is 0 Å². The molecule has 0 atom stereocenters. The fourth-order valence-corrected chi connectivity index (χ4v) is 0.783. The summed E-state index contributed by atoms with van der Waals surface area (Å²) in [6.45, 7) is 3.93. The minimum Gasteiger partial charge on any atom is -0.489 e. The molecular weight excluding hydrogens is 138 g/mol. The summed E-state index contributed by atoms with van der Waals surface area (Å²) in [6.07, 6.45) is 0.160. The molecule has 1 aromatic carbocycles. The van der Waals surface area contributed by atoms with Crippen LogP contribution < -0.4 is 10.5 Å². The first-order valence-electron chi connectivity index (χ1n) is 3.62. The van der Waals surface area contributed by atoms with Gasteiger partial charge in [0.25, 0.3) is 0 Å². The highest BCUT2D eigenvalue weighted by atomic mass is 16.5. The summed E-state index contributed by atoms with van der Waals surface area (Å²) < 4.78 is 5.39. The van der Waals surface area contributed by atoms with Crippen LogP contribution in [0.5, 0.6) is 5.75 Å². The van der Waals surface area contributed by atoms with Gasteiger partial charge < -0.3 is 10.5 Å². The van der Waals surface area contributed by atoms with Gasteiger partial charge in [0, 0.05) is 0 Å². The van der Waals surface area contributed by atoms with E-state index in [0.717, 1.165) is 0 Å². The van der Waals surface area contributed by atoms with Gasteiger partial charge in [-0.15, -0.1) is 0 Å². The Morgan fingerprint density at radius 1 is 1.55 bits per heavy atom. The van der Waals surface area contributed by atoms with Crippen LogP contribution in [-0.2, 0) is 0 Å². The van der Waals surface area contributed by atoms with Crippen molar-refractivity contribution in [2.24, 2.45) is 0 Å². The molecule has 0 fully saturated rings. The lowest BCUT2D eigenvalue weighted by Gasteiger charge is -2.10. The molecule has 0 unspecified atom stereocenters. The zero-order valence-corrected chi connectivity index (χ0v) is 6.79. The van der Waals surface area contributed by atoms with E-state index in [1.807, 2.05) is 13.8 Å². The summed E-state index contributed by atoms with van der Waals surface area (Å²) in [4.78, 5) is 0. The van der Waals surface area contributed by atoms with Gasteiger partial charge in [0.15, 0.2) is 0 Å². The van der Waals surface area contributed by atoms with E-state index in [4.69, 9.17) is 10.5 Å². The van der Waals surface area contributed by atoms with Gasteiger partial charge >= 0.3 is 0 Å². The Morgan fingerprint density at radius 2 is 2.27 bits per heavy atom. The van der Waals surface area contributed by atoms with Gasteiger partial charge in [-0.25, -0.2) is 0 Å². The zero-order chi connectivity index (χ0) is 8.27. The molecule has 0 saturated heterocycles. The molecule has 0 aliphatic heterocycles. The first-order valence-corrected chi connectivity index (χ1v) is 3.62. The summed E-state index contributed by atoms with van der Waals surface area (Å²) in [5, 5.41) is 0. The second-order valence-corrected chi connectivity index (χ2v) is 2.63. The van der Waals surface area contributed by atoms with Crippen LogP contribution in [0.3, 0.4) is 0 Å². The third kappa shape index (κ3) is 2.15. The van der Waals surface area contributed by atoms with Crippen LogP contribution in [0.1, 0.15) is 13.8 Å². The van der Waals surface area contributed by atoms with E-state index in [1.165, 1.54) is 0 Å². The third-order valence-electron chi connectivity index (χ3n) is 1.22. The molecule has 2 heteroatoms. The lowest BCUT2D eigenvalue weighted by Crippen LogP contribution is -2.07. The summed E-state index contributed by atoms with van der Waals surface area (Å²) in [7, 11) is 0. The molecule has 0 bridgehead atoms. The minimum atomic E-state index is 0.160. The van der Waals surface area contributed by atoms with Gasteiger partial charge in [-0.05, 0) is 32.0 Å². The lowest BCUT2D eigenvalue weighted by molar-refractivity contribution is 0.244. The van der Waals surface area contributed by atoms with Gasteiger partial charge in [-0.1, -0.05) is 6.07 Å². The van der Waals surface area contributed by atoms with Gasteiger partial charge in [-0.3, -0.25) is 0 Å². The zero-order valence-electron chi connectivity index (χ0n) is 6.79. The number of hydrogen-bond acceptors (Lipinski definition) is 2. The van der Waals surface area contributed by atoms with Crippen LogP contribution in [0.15, 0.2) is 18.2 Å². The molecular formula is C9H12NO. The molecule has 0 amide bonds. The van der Waals surface area contributed by atoms with E-state index in [2.05, 4.69) is 6.07 Å². The first-order chi connectivity index (χ1) is 5.20. The molecule has 0 spiro atoms. The van der Waals surface area contributed by atoms with Crippen molar-refractivity contribution in [1.82, 2.24) is 0 Å². The smallest absolute Gasteiger partial charge is 0.143 e. The monoisotopic (exact) mass is 150 g/mol. The second kappa shape index (κ2) is 3.28. The van der Waals surface area contributed by atoms with E-state index in [1.54, 1.807) is 18.2 Å². The van der Waals surface area contributed by atoms with Crippen molar-refractivity contribution < 1.29 is 4.74 Å². The van der Waals surface area contributed by atoms with E-state index < -0.39 is 0 Å². The van der Waals surface area contributed by atoms with Crippen molar-refractivity contribution in [1.29, 1.82) is 0 Å². The standard InChI is InChI=1S/C9H12NO/c1-7(2)11-9-6-4-3-5-8(9)10/h3,5-7H,10H2,1-2H3. The lowest BCUT2D eigenvalue weighted by atomic mass is 10.3. The molecule has 0 heterocycles. The second-order valence-electron chi connectivity index (χ2n) is 2.63. The molecule has 2 N–H and O–H groups in total. The Labute approximate surface area is 67.0 Å². The Hall–Kier alpha value is -1.18. The van der Waals surface area contributed by atoms with Gasteiger partial charge in [0.2, 0.25) is 0 Å². The molecule has 0 saturated carbocycles. The van der Waals surface area contributed by atoms with Crippen molar-refractivity contribution in [2.45, 2.75) is 20.0 Å². The van der Waals surface area contributed by atoms with Crippen molar-refractivity contribution in [2.75, 3.05) is 5.73 Å². The maximum absolute atomic E-state index is 5.62. The summed E-state index contributed by atoms with van der Waals surface area (Å²) in [5.74, 6) is 0.711. The molecule has 1 radical (unpaired) electrons. The highest BCUT2D eigenvalue weighted by Gasteiger charge is 1.99.